The summed E-state index contributed by atoms with van der Waals surface area (Å²) in [6, 6.07) is 10.1. The number of rotatable bonds is 3. The number of ether oxygens (including phenoxy) is 1. The summed E-state index contributed by atoms with van der Waals surface area (Å²) in [5, 5.41) is 0. The molecular weight excluding hydrogens is 232 g/mol. The Morgan fingerprint density at radius 3 is 2.65 bits per heavy atom. The van der Waals surface area contributed by atoms with Gasteiger partial charge in [-0.3, -0.25) is 0 Å². The van der Waals surface area contributed by atoms with E-state index in [9.17, 15) is 4.79 Å². The van der Waals surface area contributed by atoms with Crippen molar-refractivity contribution in [3.8, 4) is 0 Å². The number of carbonyl (C=O) groups is 1. The van der Waals surface area contributed by atoms with E-state index < -0.39 is 0 Å². The Hall–Kier alpha value is -1.22. The Balaban J connectivity index is 2.22. The molecule has 1 aromatic rings. The highest BCUT2D eigenvalue weighted by Gasteiger charge is 2.28. The van der Waals surface area contributed by atoms with Gasteiger partial charge in [0.2, 0.25) is 0 Å². The highest BCUT2D eigenvalue weighted by Crippen LogP contribution is 2.35. The van der Waals surface area contributed by atoms with Crippen LogP contribution in [0, 0.1) is 0 Å². The third-order valence-electron chi connectivity index (χ3n) is 2.69. The molecule has 1 fully saturated rings. The third-order valence-corrected chi connectivity index (χ3v) is 3.98. The van der Waals surface area contributed by atoms with Crippen LogP contribution in [0.5, 0.6) is 0 Å². The molecule has 0 radical (unpaired) electrons. The van der Waals surface area contributed by atoms with Crippen molar-refractivity contribution >= 4 is 17.7 Å². The van der Waals surface area contributed by atoms with Crippen molar-refractivity contribution in [3.05, 3.63) is 40.8 Å². The molecule has 1 aliphatic rings. The quantitative estimate of drug-likeness (QED) is 0.462. The minimum absolute atomic E-state index is 0.0235. The molecule has 1 heterocycles. The summed E-state index contributed by atoms with van der Waals surface area (Å²) in [7, 11) is 0. The molecule has 1 atom stereocenters. The smallest absolute Gasteiger partial charge is 0.335 e. The molecule has 0 amide bonds. The van der Waals surface area contributed by atoms with E-state index in [4.69, 9.17) is 4.74 Å². The van der Waals surface area contributed by atoms with Gasteiger partial charge in [-0.15, -0.1) is 0 Å². The zero-order valence-electron chi connectivity index (χ0n) is 10.1. The van der Waals surface area contributed by atoms with Crippen LogP contribution in [0.4, 0.5) is 0 Å². The summed E-state index contributed by atoms with van der Waals surface area (Å²) in [5.41, 5.74) is 0.855. The van der Waals surface area contributed by atoms with Crippen molar-refractivity contribution < 1.29 is 9.53 Å². The van der Waals surface area contributed by atoms with Crippen molar-refractivity contribution in [1.82, 2.24) is 0 Å². The average molecular weight is 248 g/mol. The fourth-order valence-electron chi connectivity index (χ4n) is 1.87. The van der Waals surface area contributed by atoms with Gasteiger partial charge in [0.15, 0.2) is 0 Å². The number of allylic oxidation sites excluding steroid dienone is 1. The van der Waals surface area contributed by atoms with Gasteiger partial charge in [0.1, 0.15) is 6.10 Å². The number of esters is 1. The van der Waals surface area contributed by atoms with Crippen LogP contribution in [0.3, 0.4) is 0 Å². The van der Waals surface area contributed by atoms with Gasteiger partial charge in [-0.25, -0.2) is 4.79 Å². The minimum atomic E-state index is -0.141. The fourth-order valence-corrected chi connectivity index (χ4v) is 2.88. The topological polar surface area (TPSA) is 26.3 Å². The zero-order chi connectivity index (χ0) is 12.3. The maximum atomic E-state index is 11.7. The molecule has 1 aliphatic heterocycles. The van der Waals surface area contributed by atoms with Gasteiger partial charge in [0.05, 0.1) is 5.57 Å². The summed E-state index contributed by atoms with van der Waals surface area (Å²) < 4.78 is 5.18. The second kappa shape index (κ2) is 5.41. The van der Waals surface area contributed by atoms with Gasteiger partial charge in [0, 0.05) is 16.2 Å². The summed E-state index contributed by atoms with van der Waals surface area (Å²) in [5.74, 6) is -0.141. The predicted molar refractivity (Wildman–Crippen MR) is 69.8 cm³/mol. The summed E-state index contributed by atoms with van der Waals surface area (Å²) in [6.45, 7) is 4.01. The lowest BCUT2D eigenvalue weighted by molar-refractivity contribution is -0.138. The molecular formula is C14H16O2S. The van der Waals surface area contributed by atoms with E-state index >= 15 is 0 Å². The van der Waals surface area contributed by atoms with Crippen molar-refractivity contribution in [1.29, 1.82) is 0 Å². The number of cyclic esters (lactones) is 1. The standard InChI is InChI=1S/C14H16O2S/c1-3-13(12-9-10(2)16-14(12)15)17-11-7-5-4-6-8-11/h4-8,10H,3,9H2,1-2H3/b13-12-. The Labute approximate surface area is 106 Å². The van der Waals surface area contributed by atoms with E-state index in [1.165, 1.54) is 4.90 Å². The normalized spacial score (nSPS) is 22.5. The van der Waals surface area contributed by atoms with Crippen LogP contribution in [-0.2, 0) is 9.53 Å². The Kier molecular flexibility index (Phi) is 3.89. The predicted octanol–water partition coefficient (Wildman–Crippen LogP) is 3.78. The van der Waals surface area contributed by atoms with Crippen molar-refractivity contribution in [2.24, 2.45) is 0 Å². The molecule has 3 heteroatoms. The summed E-state index contributed by atoms with van der Waals surface area (Å²) in [4.78, 5) is 14.0. The monoisotopic (exact) mass is 248 g/mol. The molecule has 1 aromatic carbocycles. The van der Waals surface area contributed by atoms with E-state index in [2.05, 4.69) is 19.1 Å². The first-order chi connectivity index (χ1) is 8.20. The molecule has 0 N–H and O–H groups in total. The van der Waals surface area contributed by atoms with Crippen LogP contribution in [0.2, 0.25) is 0 Å². The van der Waals surface area contributed by atoms with Crippen LogP contribution in [0.25, 0.3) is 0 Å². The Morgan fingerprint density at radius 1 is 1.41 bits per heavy atom. The SMILES string of the molecule is CC/C(Sc1ccccc1)=C1\CC(C)OC1=O. The molecule has 0 saturated carbocycles. The van der Waals surface area contributed by atoms with E-state index in [0.717, 1.165) is 23.3 Å². The minimum Gasteiger partial charge on any atom is -0.459 e. The molecule has 2 nitrogen and oxygen atoms in total. The molecule has 1 saturated heterocycles. The molecule has 90 valence electrons. The van der Waals surface area contributed by atoms with Gasteiger partial charge in [-0.2, -0.15) is 0 Å². The molecule has 0 bridgehead atoms. The summed E-state index contributed by atoms with van der Waals surface area (Å²) in [6.07, 6.45) is 1.63. The second-order valence-electron chi connectivity index (χ2n) is 4.09. The van der Waals surface area contributed by atoms with Crippen LogP contribution in [0.15, 0.2) is 45.7 Å². The van der Waals surface area contributed by atoms with Crippen molar-refractivity contribution in [3.63, 3.8) is 0 Å². The molecule has 0 spiro atoms. The van der Waals surface area contributed by atoms with Gasteiger partial charge < -0.3 is 4.74 Å². The molecule has 0 aromatic heterocycles. The van der Waals surface area contributed by atoms with Crippen LogP contribution in [0.1, 0.15) is 26.7 Å². The first-order valence-corrected chi connectivity index (χ1v) is 6.68. The zero-order valence-corrected chi connectivity index (χ0v) is 10.9. The molecule has 17 heavy (non-hydrogen) atoms. The number of thioether (sulfide) groups is 1. The second-order valence-corrected chi connectivity index (χ2v) is 5.26. The van der Waals surface area contributed by atoms with Gasteiger partial charge in [-0.1, -0.05) is 36.9 Å². The van der Waals surface area contributed by atoms with Crippen LogP contribution < -0.4 is 0 Å². The van der Waals surface area contributed by atoms with Crippen LogP contribution in [-0.4, -0.2) is 12.1 Å². The fraction of sp³-hybridized carbons (Fsp3) is 0.357. The lowest BCUT2D eigenvalue weighted by Gasteiger charge is -2.06. The lowest BCUT2D eigenvalue weighted by atomic mass is 10.1. The van der Waals surface area contributed by atoms with Crippen LogP contribution >= 0.6 is 11.8 Å². The number of hydrogen-bond donors (Lipinski definition) is 0. The van der Waals surface area contributed by atoms with E-state index in [-0.39, 0.29) is 12.1 Å². The third kappa shape index (κ3) is 2.91. The molecule has 1 unspecified atom stereocenters. The molecule has 0 aliphatic carbocycles. The number of benzene rings is 1. The van der Waals surface area contributed by atoms with Crippen molar-refractivity contribution in [2.75, 3.05) is 0 Å². The Morgan fingerprint density at radius 2 is 2.12 bits per heavy atom. The lowest BCUT2D eigenvalue weighted by Crippen LogP contribution is -2.00. The van der Waals surface area contributed by atoms with Gasteiger partial charge in [-0.05, 0) is 25.5 Å². The van der Waals surface area contributed by atoms with E-state index in [1.54, 1.807) is 11.8 Å². The largest absolute Gasteiger partial charge is 0.459 e. The van der Waals surface area contributed by atoms with E-state index in [1.807, 2.05) is 25.1 Å². The van der Waals surface area contributed by atoms with Gasteiger partial charge in [0.25, 0.3) is 0 Å². The van der Waals surface area contributed by atoms with E-state index in [0.29, 0.717) is 0 Å². The first-order valence-electron chi connectivity index (χ1n) is 5.86. The van der Waals surface area contributed by atoms with Gasteiger partial charge >= 0.3 is 5.97 Å². The maximum absolute atomic E-state index is 11.7. The van der Waals surface area contributed by atoms with Crippen molar-refractivity contribution in [2.45, 2.75) is 37.7 Å². The average Bonchev–Trinajstić information content (AvgIpc) is 2.67. The molecule has 2 rings (SSSR count). The summed E-state index contributed by atoms with van der Waals surface area (Å²) >= 11 is 1.67. The number of carbonyl (C=O) groups excluding carboxylic acids is 1. The number of hydrogen-bond acceptors (Lipinski definition) is 3. The highest BCUT2D eigenvalue weighted by molar-refractivity contribution is 8.03. The first kappa shape index (κ1) is 12.2. The maximum Gasteiger partial charge on any atom is 0.335 e. The Bertz CT molecular complexity index is 437. The highest BCUT2D eigenvalue weighted by atomic mass is 32.2.